The summed E-state index contributed by atoms with van der Waals surface area (Å²) >= 11 is 0. The number of aliphatic hydroxyl groups is 1. The van der Waals surface area contributed by atoms with Crippen LogP contribution in [0.5, 0.6) is 0 Å². The molecule has 0 bridgehead atoms. The van der Waals surface area contributed by atoms with Gasteiger partial charge in [-0.2, -0.15) is 0 Å². The van der Waals surface area contributed by atoms with Crippen LogP contribution in [0.1, 0.15) is 85.5 Å². The molecule has 5 nitrogen and oxygen atoms in total. The van der Waals surface area contributed by atoms with E-state index in [-0.39, 0.29) is 24.2 Å². The van der Waals surface area contributed by atoms with Gasteiger partial charge in [0.15, 0.2) is 0 Å². The summed E-state index contributed by atoms with van der Waals surface area (Å²) in [5.41, 5.74) is 0. The molecule has 11 unspecified atom stereocenters. The van der Waals surface area contributed by atoms with Crippen molar-refractivity contribution in [1.29, 1.82) is 0 Å². The molecule has 0 aromatic carbocycles. The molecule has 0 aromatic rings. The normalized spacial score (nSPS) is 38.1. The van der Waals surface area contributed by atoms with Crippen molar-refractivity contribution in [2.45, 2.75) is 110 Å². The molecule has 0 aromatic heterocycles. The zero-order valence-electron chi connectivity index (χ0n) is 19.3. The molecular formula is C22H45O5P3. The Balaban J connectivity index is 0.000000225. The van der Waals surface area contributed by atoms with Crippen LogP contribution in [0.15, 0.2) is 0 Å². The van der Waals surface area contributed by atoms with E-state index < -0.39 is 0 Å². The van der Waals surface area contributed by atoms with Crippen molar-refractivity contribution in [2.24, 2.45) is 23.7 Å². The van der Waals surface area contributed by atoms with Crippen molar-refractivity contribution in [2.75, 3.05) is 0 Å². The van der Waals surface area contributed by atoms with Crippen LogP contribution in [0.4, 0.5) is 0 Å². The van der Waals surface area contributed by atoms with E-state index >= 15 is 0 Å². The van der Waals surface area contributed by atoms with Crippen molar-refractivity contribution in [3.05, 3.63) is 0 Å². The number of hydrogen-bond acceptors (Lipinski definition) is 5. The summed E-state index contributed by atoms with van der Waals surface area (Å²) in [4.78, 5) is 11.1. The zero-order chi connectivity index (χ0) is 22.7. The molecule has 0 amide bonds. The second-order valence-electron chi connectivity index (χ2n) is 9.11. The van der Waals surface area contributed by atoms with Gasteiger partial charge in [-0.25, -0.2) is 0 Å². The van der Waals surface area contributed by atoms with Crippen LogP contribution in [0, 0.1) is 23.7 Å². The first-order chi connectivity index (χ1) is 14.3. The lowest BCUT2D eigenvalue weighted by Gasteiger charge is -2.09. The quantitative estimate of drug-likeness (QED) is 0.506. The summed E-state index contributed by atoms with van der Waals surface area (Å²) in [5.74, 6) is 2.88. The van der Waals surface area contributed by atoms with Gasteiger partial charge in [0.25, 0.3) is 0 Å². The smallest absolute Gasteiger partial charge is 0.138 e. The molecule has 3 aliphatic carbocycles. The lowest BCUT2D eigenvalue weighted by Crippen LogP contribution is -2.11. The van der Waals surface area contributed by atoms with Crippen molar-refractivity contribution >= 4 is 34.2 Å². The van der Waals surface area contributed by atoms with E-state index in [9.17, 15) is 9.90 Å². The van der Waals surface area contributed by atoms with Gasteiger partial charge in [0, 0.05) is 47.2 Å². The van der Waals surface area contributed by atoms with Crippen LogP contribution in [-0.4, -0.2) is 35.3 Å². The molecule has 3 aliphatic rings. The number of Topliss-reactive ketones (excluding diaryl/α,β-unsaturated/α-hetero) is 1. The molecular weight excluding hydrogens is 437 g/mol. The van der Waals surface area contributed by atoms with Crippen molar-refractivity contribution in [1.82, 2.24) is 0 Å². The molecule has 3 saturated carbocycles. The van der Waals surface area contributed by atoms with Gasteiger partial charge in [-0.1, -0.05) is 40.5 Å². The van der Waals surface area contributed by atoms with Crippen LogP contribution in [-0.2, 0) is 18.4 Å². The standard InChI is InChI=1S/C8H17OP.C7H15O2P.C7H13O2P/c1-3-7-5-8(9-10)4-6(7)2;2*1-2-5-3-6(9-10)4-7(5)8/h6-8H,3-5,10H2,1-2H3;5-8H,2-4,10H2,1H3;5-6H,2-4,10H2,1H3. The Morgan fingerprint density at radius 2 is 1.33 bits per heavy atom. The number of aliphatic hydroxyl groups excluding tert-OH is 1. The Hall–Kier alpha value is 0.800. The molecule has 0 saturated heterocycles. The van der Waals surface area contributed by atoms with Crippen molar-refractivity contribution < 1.29 is 23.5 Å². The Morgan fingerprint density at radius 1 is 0.800 bits per heavy atom. The minimum atomic E-state index is -0.129. The molecule has 0 radical (unpaired) electrons. The van der Waals surface area contributed by atoms with E-state index in [2.05, 4.69) is 49.2 Å². The molecule has 11 atom stereocenters. The summed E-state index contributed by atoms with van der Waals surface area (Å²) in [6.07, 6.45) is 10.0. The van der Waals surface area contributed by atoms with Gasteiger partial charge in [-0.05, 0) is 49.9 Å². The van der Waals surface area contributed by atoms with E-state index in [1.165, 1.54) is 19.3 Å². The van der Waals surface area contributed by atoms with Gasteiger partial charge in [0.1, 0.15) is 5.78 Å². The molecule has 8 heteroatoms. The molecule has 30 heavy (non-hydrogen) atoms. The number of rotatable bonds is 6. The fraction of sp³-hybridized carbons (Fsp3) is 0.955. The van der Waals surface area contributed by atoms with Gasteiger partial charge in [0.2, 0.25) is 0 Å². The highest BCUT2D eigenvalue weighted by Crippen LogP contribution is 2.36. The maximum absolute atomic E-state index is 11.1. The van der Waals surface area contributed by atoms with E-state index in [1.54, 1.807) is 0 Å². The topological polar surface area (TPSA) is 65.0 Å². The maximum atomic E-state index is 11.1. The minimum absolute atomic E-state index is 0.129. The van der Waals surface area contributed by atoms with Gasteiger partial charge < -0.3 is 18.7 Å². The summed E-state index contributed by atoms with van der Waals surface area (Å²) in [7, 11) is 6.87. The third kappa shape index (κ3) is 9.35. The second-order valence-corrected chi connectivity index (χ2v) is 9.93. The van der Waals surface area contributed by atoms with Crippen LogP contribution >= 0.6 is 28.4 Å². The molecule has 178 valence electrons. The van der Waals surface area contributed by atoms with Crippen LogP contribution in [0.25, 0.3) is 0 Å². The van der Waals surface area contributed by atoms with E-state index in [1.807, 2.05) is 6.92 Å². The summed E-state index contributed by atoms with van der Waals surface area (Å²) in [6, 6.07) is 0. The second kappa shape index (κ2) is 15.6. The first-order valence-electron chi connectivity index (χ1n) is 11.6. The summed E-state index contributed by atoms with van der Waals surface area (Å²) < 4.78 is 15.3. The Bertz CT molecular complexity index is 456. The van der Waals surface area contributed by atoms with Crippen molar-refractivity contribution in [3.8, 4) is 0 Å². The SMILES string of the molecule is CCC1CC(OP)CC1=O.CCC1CC(OP)CC1C.CCC1CC(OP)CC1O. The third-order valence-corrected chi connectivity index (χ3v) is 8.32. The van der Waals surface area contributed by atoms with Crippen LogP contribution < -0.4 is 0 Å². The molecule has 0 aliphatic heterocycles. The molecule has 0 spiro atoms. The highest BCUT2D eigenvalue weighted by Gasteiger charge is 2.32. The molecule has 3 rings (SSSR count). The predicted molar refractivity (Wildman–Crippen MR) is 133 cm³/mol. The first-order valence-corrected chi connectivity index (χ1v) is 13.0. The lowest BCUT2D eigenvalue weighted by atomic mass is 9.96. The molecule has 1 N–H and O–H groups in total. The average molecular weight is 483 g/mol. The van der Waals surface area contributed by atoms with Crippen LogP contribution in [0.3, 0.4) is 0 Å². The molecule has 0 heterocycles. The van der Waals surface area contributed by atoms with Gasteiger partial charge in [-0.15, -0.1) is 0 Å². The van der Waals surface area contributed by atoms with Crippen LogP contribution in [0.2, 0.25) is 0 Å². The maximum Gasteiger partial charge on any atom is 0.138 e. The summed E-state index contributed by atoms with van der Waals surface area (Å²) in [5, 5.41) is 9.40. The van der Waals surface area contributed by atoms with Gasteiger partial charge in [-0.3, -0.25) is 4.79 Å². The highest BCUT2D eigenvalue weighted by molar-refractivity contribution is 7.10. The van der Waals surface area contributed by atoms with E-state index in [0.29, 0.717) is 24.2 Å². The Labute approximate surface area is 191 Å². The lowest BCUT2D eigenvalue weighted by molar-refractivity contribution is -0.120. The number of ketones is 1. The summed E-state index contributed by atoms with van der Waals surface area (Å²) in [6.45, 7) is 8.76. The Kier molecular flexibility index (Phi) is 15.0. The monoisotopic (exact) mass is 482 g/mol. The number of carbonyl (C=O) groups is 1. The minimum Gasteiger partial charge on any atom is -0.393 e. The molecule has 3 fully saturated rings. The third-order valence-electron chi connectivity index (χ3n) is 7.17. The fourth-order valence-corrected chi connectivity index (χ4v) is 5.63. The fourth-order valence-electron chi connectivity index (χ4n) is 4.98. The first kappa shape index (κ1) is 28.8. The van der Waals surface area contributed by atoms with Crippen molar-refractivity contribution in [3.63, 3.8) is 0 Å². The largest absolute Gasteiger partial charge is 0.393 e. The predicted octanol–water partition coefficient (Wildman–Crippen LogP) is 5.51. The zero-order valence-corrected chi connectivity index (χ0v) is 22.8. The Morgan fingerprint density at radius 3 is 1.63 bits per heavy atom. The van der Waals surface area contributed by atoms with E-state index in [4.69, 9.17) is 13.6 Å². The number of hydrogen-bond donors (Lipinski definition) is 1. The van der Waals surface area contributed by atoms with Gasteiger partial charge >= 0.3 is 0 Å². The van der Waals surface area contributed by atoms with E-state index in [0.717, 1.165) is 43.9 Å². The van der Waals surface area contributed by atoms with Gasteiger partial charge in [0.05, 0.1) is 24.4 Å². The highest BCUT2D eigenvalue weighted by atomic mass is 31.0. The number of carbonyl (C=O) groups excluding carboxylic acids is 1. The average Bonchev–Trinajstić information content (AvgIpc) is 3.43.